The second kappa shape index (κ2) is 12.8. The van der Waals surface area contributed by atoms with Crippen LogP contribution >= 0.6 is 34.4 Å². The van der Waals surface area contributed by atoms with E-state index in [1.165, 1.54) is 34.9 Å². The van der Waals surface area contributed by atoms with Gasteiger partial charge in [0.15, 0.2) is 10.1 Å². The second-order valence-electron chi connectivity index (χ2n) is 8.33. The zero-order valence-corrected chi connectivity index (χ0v) is 25.5. The summed E-state index contributed by atoms with van der Waals surface area (Å²) in [7, 11) is 0. The predicted octanol–water partition coefficient (Wildman–Crippen LogP) is -1.03. The molecule has 14 nitrogen and oxygen atoms in total. The number of nitrogens with one attached hydrogen (secondary N) is 2. The van der Waals surface area contributed by atoms with E-state index in [0.29, 0.717) is 25.9 Å². The molecule has 0 radical (unpaired) electrons. The summed E-state index contributed by atoms with van der Waals surface area (Å²) in [6.45, 7) is -1.26. The Kier molecular flexibility index (Phi) is 9.60. The standard InChI is InChI=1S/C22H18FN7O7S3.Na/c23-5-6-37-28-15(11-8-38-21(24)25-11)18(31)27-16-12-3-4-13(17(20(33)34)29(12)19(16)32)39-22-26-10-2-1-9(30(35)36)7-14(10)40-22;/h1-2,7-8,12,16H,3-6H2,(H4,24,25,27,31,33,34);/q;+1/p-1/b28-15+;/t12-,16+;/m1./s1. The molecule has 1 fully saturated rings. The van der Waals surface area contributed by atoms with Crippen molar-refractivity contribution in [3.63, 3.8) is 0 Å². The van der Waals surface area contributed by atoms with E-state index in [1.54, 1.807) is 0 Å². The number of amides is 2. The van der Waals surface area contributed by atoms with Crippen molar-refractivity contribution in [2.24, 2.45) is 5.16 Å². The van der Waals surface area contributed by atoms with E-state index < -0.39 is 48.1 Å². The third kappa shape index (κ3) is 6.21. The largest absolute Gasteiger partial charge is 1.00 e. The van der Waals surface area contributed by atoms with Crippen molar-refractivity contribution in [3.8, 4) is 0 Å². The van der Waals surface area contributed by atoms with Crippen molar-refractivity contribution < 1.29 is 63.2 Å². The van der Waals surface area contributed by atoms with Gasteiger partial charge in [-0.15, -0.1) is 11.3 Å². The first-order chi connectivity index (χ1) is 19.2. The van der Waals surface area contributed by atoms with Crippen LogP contribution in [0.1, 0.15) is 18.5 Å². The number of nitrogens with zero attached hydrogens (tertiary/aromatic N) is 5. The van der Waals surface area contributed by atoms with Gasteiger partial charge in [0, 0.05) is 22.7 Å². The van der Waals surface area contributed by atoms with E-state index in [9.17, 15) is 34.0 Å². The van der Waals surface area contributed by atoms with Crippen LogP contribution in [0.3, 0.4) is 0 Å². The molecule has 0 saturated carbocycles. The van der Waals surface area contributed by atoms with Gasteiger partial charge in [-0.3, -0.25) is 24.6 Å². The molecule has 3 aromatic rings. The zero-order valence-electron chi connectivity index (χ0n) is 21.0. The van der Waals surface area contributed by atoms with Crippen molar-refractivity contribution in [3.05, 3.63) is 54.8 Å². The van der Waals surface area contributed by atoms with Crippen molar-refractivity contribution in [1.29, 1.82) is 5.41 Å². The SMILES string of the molecule is N=c1[n-]c(/C(=N\OCCF)C(=O)N[C@@H]2C(=O)N3C(C(=O)O)=C(Sc4nc5ccc([N+](=O)[O-])cc5s4)CC[C@H]23)cs1.[Na+]. The summed E-state index contributed by atoms with van der Waals surface area (Å²) in [5.74, 6) is -2.81. The topological polar surface area (TPSA) is 202 Å². The van der Waals surface area contributed by atoms with Gasteiger partial charge in [0.1, 0.15) is 25.0 Å². The van der Waals surface area contributed by atoms with Gasteiger partial charge in [-0.25, -0.2) is 14.2 Å². The smallest absolute Gasteiger partial charge is 0.477 e. The Labute approximate surface area is 263 Å². The van der Waals surface area contributed by atoms with E-state index in [-0.39, 0.29) is 63.6 Å². The molecule has 208 valence electrons. The number of β-lactam (4-membered cyclic amide) rings is 1. The number of carboxylic acids is 1. The van der Waals surface area contributed by atoms with Crippen LogP contribution in [0, 0.1) is 15.5 Å². The van der Waals surface area contributed by atoms with Gasteiger partial charge in [0.25, 0.3) is 17.5 Å². The number of fused-ring (bicyclic) bond motifs is 2. The van der Waals surface area contributed by atoms with Gasteiger partial charge in [-0.1, -0.05) is 16.9 Å². The van der Waals surface area contributed by atoms with Gasteiger partial charge in [0.05, 0.1) is 21.2 Å². The van der Waals surface area contributed by atoms with Crippen LogP contribution in [0.25, 0.3) is 10.2 Å². The number of alkyl halides is 1. The van der Waals surface area contributed by atoms with Gasteiger partial charge < -0.3 is 25.7 Å². The van der Waals surface area contributed by atoms with Gasteiger partial charge in [-0.05, 0) is 29.1 Å². The first-order valence-electron chi connectivity index (χ1n) is 11.4. The Bertz CT molecular complexity index is 1670. The maximum Gasteiger partial charge on any atom is 1.00 e. The van der Waals surface area contributed by atoms with E-state index in [4.69, 9.17) is 10.2 Å². The molecule has 4 heterocycles. The third-order valence-corrected chi connectivity index (χ3v) is 8.82. The van der Waals surface area contributed by atoms with Crippen LogP contribution in [0.5, 0.6) is 0 Å². The molecular formula is C22H17FN7NaO7S3. The van der Waals surface area contributed by atoms with Crippen LogP contribution in [0.15, 0.2) is 43.7 Å². The van der Waals surface area contributed by atoms with Gasteiger partial charge in [-0.2, -0.15) is 11.3 Å². The minimum Gasteiger partial charge on any atom is -0.477 e. The maximum absolute atomic E-state index is 13.1. The molecule has 1 aromatic carbocycles. The van der Waals surface area contributed by atoms with Crippen LogP contribution in [0.4, 0.5) is 10.1 Å². The quantitative estimate of drug-likeness (QED) is 0.0622. The fraction of sp³-hybridized carbons (Fsp3) is 0.273. The number of oxime groups is 1. The number of aliphatic carboxylic acids is 1. The monoisotopic (exact) mass is 629 g/mol. The number of rotatable bonds is 10. The molecule has 1 saturated heterocycles. The molecule has 19 heteroatoms. The molecule has 0 aliphatic carbocycles. The molecule has 0 unspecified atom stereocenters. The minimum absolute atomic E-state index is 0. The van der Waals surface area contributed by atoms with Crippen LogP contribution < -0.4 is 44.7 Å². The maximum atomic E-state index is 13.1. The number of benzene rings is 1. The molecule has 2 aromatic heterocycles. The Hall–Kier alpha value is -3.16. The average molecular weight is 630 g/mol. The Morgan fingerprint density at radius 2 is 2.22 bits per heavy atom. The van der Waals surface area contributed by atoms with Gasteiger partial charge >= 0.3 is 35.5 Å². The first-order valence-corrected chi connectivity index (χ1v) is 14.0. The van der Waals surface area contributed by atoms with Crippen molar-refractivity contribution >= 4 is 73.8 Å². The third-order valence-electron chi connectivity index (χ3n) is 5.94. The summed E-state index contributed by atoms with van der Waals surface area (Å²) in [6.07, 6.45) is 0.614. The Morgan fingerprint density at radius 1 is 1.44 bits per heavy atom. The number of nitro groups is 1. The van der Waals surface area contributed by atoms with Crippen LogP contribution in [-0.4, -0.2) is 68.8 Å². The number of hydrogen-bond acceptors (Lipinski definition) is 12. The molecule has 3 N–H and O–H groups in total. The van der Waals surface area contributed by atoms with Gasteiger partial charge in [0.2, 0.25) is 0 Å². The minimum atomic E-state index is -1.32. The predicted molar refractivity (Wildman–Crippen MR) is 141 cm³/mol. The zero-order chi connectivity index (χ0) is 28.6. The number of thioether (sulfide) groups is 1. The van der Waals surface area contributed by atoms with E-state index >= 15 is 0 Å². The molecule has 2 aliphatic heterocycles. The van der Waals surface area contributed by atoms with Crippen LogP contribution in [-0.2, 0) is 19.2 Å². The number of allylic oxidation sites excluding steroid dienone is 1. The van der Waals surface area contributed by atoms with E-state index in [2.05, 4.69) is 20.4 Å². The number of carboxylic acid groups (broad SMARTS) is 1. The molecule has 0 bridgehead atoms. The summed E-state index contributed by atoms with van der Waals surface area (Å²) in [6, 6.07) is 2.56. The number of carbonyl (C=O) groups is 3. The van der Waals surface area contributed by atoms with E-state index in [0.717, 1.165) is 28.0 Å². The second-order valence-corrected chi connectivity index (χ2v) is 11.6. The summed E-state index contributed by atoms with van der Waals surface area (Å²) in [5, 5.41) is 36.2. The fourth-order valence-corrected chi connectivity index (χ4v) is 7.09. The number of non-ortho nitro benzene ring substituents is 1. The summed E-state index contributed by atoms with van der Waals surface area (Å²) in [4.78, 5) is 63.3. The number of carbonyl (C=O) groups excluding carboxylic acids is 2. The number of aromatic nitrogens is 2. The fourth-order valence-electron chi connectivity index (χ4n) is 4.22. The van der Waals surface area contributed by atoms with Crippen molar-refractivity contribution in [1.82, 2.24) is 20.2 Å². The Morgan fingerprint density at radius 3 is 2.88 bits per heavy atom. The first kappa shape index (κ1) is 30.8. The number of hydrogen-bond donors (Lipinski definition) is 3. The van der Waals surface area contributed by atoms with E-state index in [1.807, 2.05) is 0 Å². The molecule has 2 aliphatic rings. The van der Waals surface area contributed by atoms with Crippen molar-refractivity contribution in [2.45, 2.75) is 29.3 Å². The molecule has 0 spiro atoms. The van der Waals surface area contributed by atoms with Crippen molar-refractivity contribution in [2.75, 3.05) is 13.3 Å². The Balaban J connectivity index is 0.00000387. The average Bonchev–Trinajstić information content (AvgIpc) is 3.53. The summed E-state index contributed by atoms with van der Waals surface area (Å²) < 4.78 is 13.5. The molecule has 41 heavy (non-hydrogen) atoms. The molecule has 5 rings (SSSR count). The molecule has 2 amide bonds. The number of halogens is 1. The van der Waals surface area contributed by atoms with Crippen LogP contribution in [0.2, 0.25) is 0 Å². The molecule has 2 atom stereocenters. The summed E-state index contributed by atoms with van der Waals surface area (Å²) >= 11 is 3.18. The normalized spacial score (nSPS) is 18.4. The number of nitro benzene ring substituents is 1. The number of thiazole rings is 2. The molecular weight excluding hydrogens is 612 g/mol. The summed E-state index contributed by atoms with van der Waals surface area (Å²) in [5.41, 5.74) is -0.107.